The Bertz CT molecular complexity index is 190. The van der Waals surface area contributed by atoms with Crippen molar-refractivity contribution < 1.29 is 9.47 Å². The molecule has 2 aliphatic rings. The van der Waals surface area contributed by atoms with Gasteiger partial charge in [-0.1, -0.05) is 0 Å². The van der Waals surface area contributed by atoms with Crippen molar-refractivity contribution in [3.05, 3.63) is 0 Å². The van der Waals surface area contributed by atoms with Gasteiger partial charge in [-0.25, -0.2) is 0 Å². The van der Waals surface area contributed by atoms with Gasteiger partial charge in [0, 0.05) is 13.2 Å². The van der Waals surface area contributed by atoms with Crippen molar-refractivity contribution >= 4 is 0 Å². The topological polar surface area (TPSA) is 42.5 Å². The van der Waals surface area contributed by atoms with Crippen LogP contribution in [0.3, 0.4) is 0 Å². The molecular weight excluding hydrogens is 216 g/mol. The van der Waals surface area contributed by atoms with Crippen LogP contribution in [0, 0.1) is 0 Å². The summed E-state index contributed by atoms with van der Waals surface area (Å²) in [6.07, 6.45) is 6.94. The number of ether oxygens (including phenoxy) is 2. The van der Waals surface area contributed by atoms with Crippen LogP contribution in [0.15, 0.2) is 0 Å². The summed E-state index contributed by atoms with van der Waals surface area (Å²) >= 11 is 0. The maximum Gasteiger partial charge on any atom is 0.0600 e. The van der Waals surface area contributed by atoms with Crippen LogP contribution in [0.1, 0.15) is 32.1 Å². The molecule has 0 spiro atoms. The van der Waals surface area contributed by atoms with Crippen LogP contribution < -0.4 is 10.6 Å². The van der Waals surface area contributed by atoms with E-state index in [4.69, 9.17) is 9.47 Å². The summed E-state index contributed by atoms with van der Waals surface area (Å²) in [4.78, 5) is 0. The molecule has 0 aliphatic carbocycles. The molecule has 2 fully saturated rings. The molecule has 0 bridgehead atoms. The van der Waals surface area contributed by atoms with Crippen molar-refractivity contribution in [3.8, 4) is 0 Å². The Hall–Kier alpha value is -0.160. The zero-order chi connectivity index (χ0) is 11.8. The lowest BCUT2D eigenvalue weighted by Gasteiger charge is -2.23. The second kappa shape index (κ2) is 8.03. The van der Waals surface area contributed by atoms with Gasteiger partial charge in [-0.05, 0) is 51.7 Å². The van der Waals surface area contributed by atoms with Gasteiger partial charge in [0.2, 0.25) is 0 Å². The molecule has 2 N–H and O–H groups in total. The minimum atomic E-state index is 0.483. The highest BCUT2D eigenvalue weighted by Crippen LogP contribution is 2.14. The molecule has 0 aromatic carbocycles. The Morgan fingerprint density at radius 1 is 1.18 bits per heavy atom. The second-order valence-electron chi connectivity index (χ2n) is 4.99. The molecule has 2 heterocycles. The second-order valence-corrected chi connectivity index (χ2v) is 4.99. The van der Waals surface area contributed by atoms with E-state index in [0.717, 1.165) is 58.7 Å². The van der Waals surface area contributed by atoms with Crippen molar-refractivity contribution in [2.24, 2.45) is 0 Å². The summed E-state index contributed by atoms with van der Waals surface area (Å²) in [6.45, 7) is 6.05. The Kier molecular flexibility index (Phi) is 6.27. The number of hydrogen-bond acceptors (Lipinski definition) is 4. The van der Waals surface area contributed by atoms with Gasteiger partial charge in [-0.2, -0.15) is 0 Å². The number of nitrogens with one attached hydrogen (secondary N) is 2. The number of piperidine rings is 1. The van der Waals surface area contributed by atoms with Gasteiger partial charge in [0.05, 0.1) is 18.8 Å². The first-order chi connectivity index (χ1) is 8.45. The van der Waals surface area contributed by atoms with E-state index in [2.05, 4.69) is 10.6 Å². The Labute approximate surface area is 104 Å². The van der Waals surface area contributed by atoms with Crippen LogP contribution in [0.2, 0.25) is 0 Å². The van der Waals surface area contributed by atoms with Gasteiger partial charge in [0.1, 0.15) is 0 Å². The van der Waals surface area contributed by atoms with Crippen molar-refractivity contribution in [2.45, 2.75) is 44.3 Å². The van der Waals surface area contributed by atoms with E-state index in [1.54, 1.807) is 0 Å². The summed E-state index contributed by atoms with van der Waals surface area (Å²) in [5.41, 5.74) is 0. The normalized spacial score (nSPS) is 26.5. The maximum atomic E-state index is 5.82. The van der Waals surface area contributed by atoms with E-state index in [1.165, 1.54) is 12.8 Å². The standard InChI is InChI=1S/C13H26N2O2/c1-2-12(16-10-1)3-8-15-9-11-17-13-4-6-14-7-5-13/h12-15H,1-11H2. The van der Waals surface area contributed by atoms with Gasteiger partial charge < -0.3 is 20.1 Å². The van der Waals surface area contributed by atoms with Crippen LogP contribution in [0.4, 0.5) is 0 Å². The summed E-state index contributed by atoms with van der Waals surface area (Å²) in [6, 6.07) is 0. The largest absolute Gasteiger partial charge is 0.378 e. The van der Waals surface area contributed by atoms with Crippen molar-refractivity contribution in [2.75, 3.05) is 39.4 Å². The average Bonchev–Trinajstić information content (AvgIpc) is 2.88. The minimum Gasteiger partial charge on any atom is -0.378 e. The summed E-state index contributed by atoms with van der Waals surface area (Å²) in [7, 11) is 0. The summed E-state index contributed by atoms with van der Waals surface area (Å²) in [5, 5.41) is 6.78. The molecule has 100 valence electrons. The van der Waals surface area contributed by atoms with Crippen LogP contribution in [-0.4, -0.2) is 51.6 Å². The monoisotopic (exact) mass is 242 g/mol. The molecule has 17 heavy (non-hydrogen) atoms. The lowest BCUT2D eigenvalue weighted by atomic mass is 10.1. The van der Waals surface area contributed by atoms with Gasteiger partial charge in [0.25, 0.3) is 0 Å². The first kappa shape index (κ1) is 13.3. The molecular formula is C13H26N2O2. The molecule has 0 aromatic heterocycles. The average molecular weight is 242 g/mol. The molecule has 0 radical (unpaired) electrons. The van der Waals surface area contributed by atoms with Crippen LogP contribution in [0.5, 0.6) is 0 Å². The van der Waals surface area contributed by atoms with E-state index in [9.17, 15) is 0 Å². The first-order valence-corrected chi connectivity index (χ1v) is 7.10. The molecule has 0 aromatic rings. The van der Waals surface area contributed by atoms with E-state index in [-0.39, 0.29) is 0 Å². The molecule has 4 heteroatoms. The van der Waals surface area contributed by atoms with Gasteiger partial charge in [0.15, 0.2) is 0 Å². The lowest BCUT2D eigenvalue weighted by molar-refractivity contribution is 0.0343. The fraction of sp³-hybridized carbons (Fsp3) is 1.00. The fourth-order valence-electron chi connectivity index (χ4n) is 2.52. The summed E-state index contributed by atoms with van der Waals surface area (Å²) in [5.74, 6) is 0. The van der Waals surface area contributed by atoms with Gasteiger partial charge >= 0.3 is 0 Å². The molecule has 0 amide bonds. The third kappa shape index (κ3) is 5.34. The maximum absolute atomic E-state index is 5.82. The van der Waals surface area contributed by atoms with Crippen LogP contribution >= 0.6 is 0 Å². The van der Waals surface area contributed by atoms with Crippen LogP contribution in [-0.2, 0) is 9.47 Å². The molecule has 2 rings (SSSR count). The summed E-state index contributed by atoms with van der Waals surface area (Å²) < 4.78 is 11.4. The van der Waals surface area contributed by atoms with E-state index in [0.29, 0.717) is 12.2 Å². The molecule has 2 aliphatic heterocycles. The SMILES string of the molecule is C1COC(CCNCCOC2CCNCC2)C1. The quantitative estimate of drug-likeness (QED) is 0.651. The minimum absolute atomic E-state index is 0.483. The highest BCUT2D eigenvalue weighted by molar-refractivity contribution is 4.68. The van der Waals surface area contributed by atoms with Crippen molar-refractivity contribution in [3.63, 3.8) is 0 Å². The third-order valence-corrected chi connectivity index (χ3v) is 3.59. The highest BCUT2D eigenvalue weighted by atomic mass is 16.5. The third-order valence-electron chi connectivity index (χ3n) is 3.59. The Balaban J connectivity index is 1.38. The molecule has 2 saturated heterocycles. The van der Waals surface area contributed by atoms with E-state index >= 15 is 0 Å². The number of rotatable bonds is 7. The van der Waals surface area contributed by atoms with E-state index < -0.39 is 0 Å². The van der Waals surface area contributed by atoms with E-state index in [1.807, 2.05) is 0 Å². The smallest absolute Gasteiger partial charge is 0.0600 e. The zero-order valence-corrected chi connectivity index (χ0v) is 10.7. The predicted octanol–water partition coefficient (Wildman–Crippen LogP) is 0.914. The lowest BCUT2D eigenvalue weighted by Crippen LogP contribution is -2.34. The Morgan fingerprint density at radius 2 is 2.06 bits per heavy atom. The number of hydrogen-bond donors (Lipinski definition) is 2. The van der Waals surface area contributed by atoms with Crippen LogP contribution in [0.25, 0.3) is 0 Å². The fourth-order valence-corrected chi connectivity index (χ4v) is 2.52. The van der Waals surface area contributed by atoms with Crippen molar-refractivity contribution in [1.29, 1.82) is 0 Å². The molecule has 1 unspecified atom stereocenters. The highest BCUT2D eigenvalue weighted by Gasteiger charge is 2.14. The van der Waals surface area contributed by atoms with Crippen molar-refractivity contribution in [1.82, 2.24) is 10.6 Å². The van der Waals surface area contributed by atoms with Gasteiger partial charge in [-0.15, -0.1) is 0 Å². The predicted molar refractivity (Wildman–Crippen MR) is 68.3 cm³/mol. The molecule has 0 saturated carbocycles. The first-order valence-electron chi connectivity index (χ1n) is 7.10. The molecule has 4 nitrogen and oxygen atoms in total. The Morgan fingerprint density at radius 3 is 2.82 bits per heavy atom. The van der Waals surface area contributed by atoms with Gasteiger partial charge in [-0.3, -0.25) is 0 Å². The molecule has 1 atom stereocenters. The zero-order valence-electron chi connectivity index (χ0n) is 10.7.